The molecule has 0 aromatic heterocycles. The van der Waals surface area contributed by atoms with Crippen LogP contribution >= 0.6 is 11.8 Å². The molecule has 11 nitrogen and oxygen atoms in total. The third kappa shape index (κ3) is 8.01. The topological polar surface area (TPSA) is 149 Å². The minimum Gasteiger partial charge on any atom is -0.486 e. The average Bonchev–Trinajstić information content (AvgIpc) is 3.04. The Bertz CT molecular complexity index is 1730. The van der Waals surface area contributed by atoms with Crippen molar-refractivity contribution in [1.82, 2.24) is 5.32 Å². The minimum absolute atomic E-state index is 0.0652. The number of fused-ring (bicyclic) bond motifs is 1. The Morgan fingerprint density at radius 1 is 0.818 bits per heavy atom. The number of nitro benzene ring substituents is 1. The number of anilines is 2. The Balaban J connectivity index is 1.25. The SMILES string of the molecule is O=C(CSc1cccc(NC(=O)/C(=C\c2ccc([N+](=O)[O-])cc2)NC(=O)c2ccccc2)c1)Nc1ccc2c(c1)OCCO2. The third-order valence-electron chi connectivity index (χ3n) is 6.23. The maximum Gasteiger partial charge on any atom is 0.272 e. The number of non-ortho nitro benzene ring substituents is 1. The fourth-order valence-corrected chi connectivity index (χ4v) is 4.89. The van der Waals surface area contributed by atoms with Crippen molar-refractivity contribution in [3.8, 4) is 11.5 Å². The molecule has 4 aromatic carbocycles. The number of nitrogens with one attached hydrogen (secondary N) is 3. The number of nitro groups is 1. The normalized spacial score (nSPS) is 12.1. The van der Waals surface area contributed by atoms with Crippen LogP contribution in [0.4, 0.5) is 17.1 Å². The number of rotatable bonds is 10. The molecule has 4 aromatic rings. The first-order chi connectivity index (χ1) is 21.3. The molecule has 1 heterocycles. The molecule has 0 saturated heterocycles. The molecular formula is C32H26N4O7S. The average molecular weight is 611 g/mol. The maximum atomic E-state index is 13.3. The molecule has 3 N–H and O–H groups in total. The van der Waals surface area contributed by atoms with Gasteiger partial charge in [-0.1, -0.05) is 24.3 Å². The van der Waals surface area contributed by atoms with E-state index >= 15 is 0 Å². The highest BCUT2D eigenvalue weighted by Gasteiger charge is 2.17. The lowest BCUT2D eigenvalue weighted by atomic mass is 10.1. The molecule has 0 fully saturated rings. The van der Waals surface area contributed by atoms with E-state index in [1.54, 1.807) is 66.7 Å². The van der Waals surface area contributed by atoms with Gasteiger partial charge in [-0.05, 0) is 66.2 Å². The summed E-state index contributed by atoms with van der Waals surface area (Å²) in [6, 6.07) is 26.1. The summed E-state index contributed by atoms with van der Waals surface area (Å²) in [5.74, 6) is -0.00372. The van der Waals surface area contributed by atoms with Gasteiger partial charge in [-0.25, -0.2) is 0 Å². The van der Waals surface area contributed by atoms with Crippen LogP contribution < -0.4 is 25.4 Å². The van der Waals surface area contributed by atoms with Crippen LogP contribution in [0, 0.1) is 10.1 Å². The number of carbonyl (C=O) groups excluding carboxylic acids is 3. The number of thioether (sulfide) groups is 1. The zero-order valence-corrected chi connectivity index (χ0v) is 24.0. The van der Waals surface area contributed by atoms with E-state index in [-0.39, 0.29) is 23.0 Å². The van der Waals surface area contributed by atoms with Crippen molar-refractivity contribution in [3.63, 3.8) is 0 Å². The molecule has 3 amide bonds. The number of nitrogens with zero attached hydrogens (tertiary/aromatic N) is 1. The fraction of sp³-hybridized carbons (Fsp3) is 0.0938. The second kappa shape index (κ2) is 14.0. The van der Waals surface area contributed by atoms with Gasteiger partial charge in [0, 0.05) is 40.0 Å². The van der Waals surface area contributed by atoms with Crippen molar-refractivity contribution in [2.24, 2.45) is 0 Å². The van der Waals surface area contributed by atoms with Crippen molar-refractivity contribution in [1.29, 1.82) is 0 Å². The van der Waals surface area contributed by atoms with Gasteiger partial charge in [0.05, 0.1) is 10.7 Å². The van der Waals surface area contributed by atoms with Gasteiger partial charge in [0.25, 0.3) is 17.5 Å². The van der Waals surface area contributed by atoms with Gasteiger partial charge in [-0.3, -0.25) is 24.5 Å². The Hall–Kier alpha value is -5.62. The van der Waals surface area contributed by atoms with Crippen LogP contribution in [0.25, 0.3) is 6.08 Å². The highest BCUT2D eigenvalue weighted by atomic mass is 32.2. The van der Waals surface area contributed by atoms with Crippen molar-refractivity contribution < 1.29 is 28.8 Å². The number of amides is 3. The molecule has 5 rings (SSSR count). The zero-order valence-electron chi connectivity index (χ0n) is 23.1. The number of hydrogen-bond donors (Lipinski definition) is 3. The number of carbonyl (C=O) groups is 3. The Morgan fingerprint density at radius 3 is 2.30 bits per heavy atom. The molecular weight excluding hydrogens is 584 g/mol. The van der Waals surface area contributed by atoms with Crippen LogP contribution in [0.15, 0.2) is 108 Å². The standard InChI is InChI=1S/C32H26N4O7S/c37-30(33-24-11-14-28-29(19-24)43-16-15-42-28)20-44-26-8-4-7-23(18-26)34-32(39)27(35-31(38)22-5-2-1-3-6-22)17-21-9-12-25(13-10-21)36(40)41/h1-14,17-19H,15-16,20H2,(H,33,37)(H,34,39)(H,35,38)/b27-17+. The first-order valence-corrected chi connectivity index (χ1v) is 14.4. The van der Waals surface area contributed by atoms with Gasteiger partial charge in [0.15, 0.2) is 11.5 Å². The molecule has 0 radical (unpaired) electrons. The summed E-state index contributed by atoms with van der Waals surface area (Å²) < 4.78 is 11.1. The molecule has 0 atom stereocenters. The van der Waals surface area contributed by atoms with E-state index in [0.717, 1.165) is 4.90 Å². The quantitative estimate of drug-likeness (QED) is 0.0922. The maximum absolute atomic E-state index is 13.3. The van der Waals surface area contributed by atoms with E-state index in [2.05, 4.69) is 16.0 Å². The van der Waals surface area contributed by atoms with Crippen LogP contribution in [0.1, 0.15) is 15.9 Å². The Kier molecular flexibility index (Phi) is 9.52. The molecule has 0 spiro atoms. The molecule has 0 saturated carbocycles. The van der Waals surface area contributed by atoms with Crippen molar-refractivity contribution >= 4 is 52.6 Å². The molecule has 0 aliphatic carbocycles. The zero-order chi connectivity index (χ0) is 30.9. The van der Waals surface area contributed by atoms with E-state index in [1.807, 2.05) is 6.07 Å². The molecule has 1 aliphatic rings. The molecule has 44 heavy (non-hydrogen) atoms. The van der Waals surface area contributed by atoms with E-state index in [0.29, 0.717) is 47.2 Å². The van der Waals surface area contributed by atoms with Gasteiger partial charge < -0.3 is 25.4 Å². The summed E-state index contributed by atoms with van der Waals surface area (Å²) in [4.78, 5) is 50.1. The summed E-state index contributed by atoms with van der Waals surface area (Å²) in [7, 11) is 0. The van der Waals surface area contributed by atoms with Crippen molar-refractivity contribution in [2.75, 3.05) is 29.6 Å². The van der Waals surface area contributed by atoms with E-state index in [4.69, 9.17) is 9.47 Å². The molecule has 1 aliphatic heterocycles. The molecule has 222 valence electrons. The van der Waals surface area contributed by atoms with E-state index in [1.165, 1.54) is 42.1 Å². The van der Waals surface area contributed by atoms with Gasteiger partial charge in [0.1, 0.15) is 18.9 Å². The highest BCUT2D eigenvalue weighted by Crippen LogP contribution is 2.32. The summed E-state index contributed by atoms with van der Waals surface area (Å²) in [5, 5.41) is 19.3. The lowest BCUT2D eigenvalue weighted by Gasteiger charge is -2.19. The van der Waals surface area contributed by atoms with Crippen molar-refractivity contribution in [2.45, 2.75) is 4.90 Å². The van der Waals surface area contributed by atoms with E-state index in [9.17, 15) is 24.5 Å². The van der Waals surface area contributed by atoms with Gasteiger partial charge >= 0.3 is 0 Å². The van der Waals surface area contributed by atoms with Gasteiger partial charge in [0.2, 0.25) is 5.91 Å². The molecule has 0 unspecified atom stereocenters. The predicted molar refractivity (Wildman–Crippen MR) is 167 cm³/mol. The van der Waals surface area contributed by atoms with Gasteiger partial charge in [-0.2, -0.15) is 0 Å². The number of hydrogen-bond acceptors (Lipinski definition) is 8. The van der Waals surface area contributed by atoms with Crippen LogP contribution in [0.3, 0.4) is 0 Å². The second-order valence-electron chi connectivity index (χ2n) is 9.40. The highest BCUT2D eigenvalue weighted by molar-refractivity contribution is 8.00. The Morgan fingerprint density at radius 2 is 1.55 bits per heavy atom. The van der Waals surface area contributed by atoms with Gasteiger partial charge in [-0.15, -0.1) is 11.8 Å². The first kappa shape index (κ1) is 29.9. The lowest BCUT2D eigenvalue weighted by molar-refractivity contribution is -0.384. The van der Waals surface area contributed by atoms with Crippen LogP contribution in [-0.4, -0.2) is 41.6 Å². The summed E-state index contributed by atoms with van der Waals surface area (Å²) in [5.41, 5.74) is 1.69. The van der Waals surface area contributed by atoms with Crippen LogP contribution in [0.5, 0.6) is 11.5 Å². The molecule has 0 bridgehead atoms. The summed E-state index contributed by atoms with van der Waals surface area (Å²) >= 11 is 1.28. The lowest BCUT2D eigenvalue weighted by Crippen LogP contribution is -2.30. The smallest absolute Gasteiger partial charge is 0.272 e. The second-order valence-corrected chi connectivity index (χ2v) is 10.5. The fourth-order valence-electron chi connectivity index (χ4n) is 4.13. The first-order valence-electron chi connectivity index (χ1n) is 13.4. The van der Waals surface area contributed by atoms with Crippen molar-refractivity contribution in [3.05, 3.63) is 124 Å². The monoisotopic (exact) mass is 610 g/mol. The Labute approximate surface area is 256 Å². The van der Waals surface area contributed by atoms with Crippen LogP contribution in [0.2, 0.25) is 0 Å². The number of benzene rings is 4. The van der Waals surface area contributed by atoms with E-state index < -0.39 is 16.7 Å². The predicted octanol–water partition coefficient (Wildman–Crippen LogP) is 5.51. The summed E-state index contributed by atoms with van der Waals surface area (Å²) in [6.45, 7) is 0.926. The largest absolute Gasteiger partial charge is 0.486 e. The third-order valence-corrected chi connectivity index (χ3v) is 7.23. The molecule has 12 heteroatoms. The minimum atomic E-state index is -0.605. The van der Waals surface area contributed by atoms with Crippen LogP contribution in [-0.2, 0) is 9.59 Å². The number of ether oxygens (including phenoxy) is 2. The summed E-state index contributed by atoms with van der Waals surface area (Å²) in [6.07, 6.45) is 1.43.